The van der Waals surface area contributed by atoms with Gasteiger partial charge in [0.15, 0.2) is 0 Å². The SMILES string of the molecule is CCOC(=O)C=C1CCCc2c(F)cccc21. The predicted molar refractivity (Wildman–Crippen MR) is 63.9 cm³/mol. The summed E-state index contributed by atoms with van der Waals surface area (Å²) in [6, 6.07) is 5.01. The molecule has 3 heteroatoms. The van der Waals surface area contributed by atoms with Gasteiger partial charge in [-0.2, -0.15) is 0 Å². The molecule has 0 heterocycles. The predicted octanol–water partition coefficient (Wildman–Crippen LogP) is 3.11. The summed E-state index contributed by atoms with van der Waals surface area (Å²) in [5, 5.41) is 0. The minimum Gasteiger partial charge on any atom is -0.463 e. The van der Waals surface area contributed by atoms with Gasteiger partial charge in [-0.15, -0.1) is 0 Å². The molecule has 0 bridgehead atoms. The Labute approximate surface area is 100 Å². The number of allylic oxidation sites excluding steroid dienone is 1. The van der Waals surface area contributed by atoms with Crippen LogP contribution in [0.5, 0.6) is 0 Å². The molecule has 0 radical (unpaired) electrons. The quantitative estimate of drug-likeness (QED) is 0.580. The third-order valence-electron chi connectivity index (χ3n) is 2.92. The van der Waals surface area contributed by atoms with Gasteiger partial charge in [-0.05, 0) is 49.0 Å². The van der Waals surface area contributed by atoms with E-state index in [0.717, 1.165) is 30.4 Å². The second kappa shape index (κ2) is 5.13. The summed E-state index contributed by atoms with van der Waals surface area (Å²) in [4.78, 5) is 11.4. The second-order valence-electron chi connectivity index (χ2n) is 4.04. The fraction of sp³-hybridized carbons (Fsp3) is 0.357. The molecule has 0 unspecified atom stereocenters. The van der Waals surface area contributed by atoms with Crippen molar-refractivity contribution in [3.63, 3.8) is 0 Å². The van der Waals surface area contributed by atoms with E-state index in [-0.39, 0.29) is 11.8 Å². The number of carbonyl (C=O) groups is 1. The summed E-state index contributed by atoms with van der Waals surface area (Å²) in [5.74, 6) is -0.531. The summed E-state index contributed by atoms with van der Waals surface area (Å²) in [6.07, 6.45) is 3.90. The number of esters is 1. The standard InChI is InChI=1S/C14H15FO2/c1-2-17-14(16)9-10-5-3-7-12-11(10)6-4-8-13(12)15/h4,6,8-9H,2-3,5,7H2,1H3. The molecule has 1 aromatic rings. The van der Waals surface area contributed by atoms with Crippen molar-refractivity contribution in [2.24, 2.45) is 0 Å². The van der Waals surface area contributed by atoms with Crippen LogP contribution in [-0.2, 0) is 16.0 Å². The molecule has 1 aliphatic rings. The molecule has 0 saturated carbocycles. The average Bonchev–Trinajstić information content (AvgIpc) is 2.31. The minimum atomic E-state index is -0.348. The molecule has 90 valence electrons. The number of benzene rings is 1. The lowest BCUT2D eigenvalue weighted by molar-refractivity contribution is -0.137. The van der Waals surface area contributed by atoms with E-state index < -0.39 is 0 Å². The number of carbonyl (C=O) groups excluding carboxylic acids is 1. The molecule has 0 atom stereocenters. The fourth-order valence-corrected chi connectivity index (χ4v) is 2.18. The monoisotopic (exact) mass is 234 g/mol. The molecule has 0 aromatic heterocycles. The molecule has 1 aromatic carbocycles. The van der Waals surface area contributed by atoms with Gasteiger partial charge >= 0.3 is 5.97 Å². The number of ether oxygens (including phenoxy) is 1. The Bertz CT molecular complexity index is 463. The van der Waals surface area contributed by atoms with Crippen LogP contribution in [0.4, 0.5) is 4.39 Å². The van der Waals surface area contributed by atoms with Crippen LogP contribution in [0.25, 0.3) is 5.57 Å². The van der Waals surface area contributed by atoms with Gasteiger partial charge in [0, 0.05) is 6.08 Å². The number of halogens is 1. The van der Waals surface area contributed by atoms with Crippen LogP contribution >= 0.6 is 0 Å². The lowest BCUT2D eigenvalue weighted by atomic mass is 9.87. The Morgan fingerprint density at radius 1 is 1.47 bits per heavy atom. The van der Waals surface area contributed by atoms with Crippen molar-refractivity contribution in [1.29, 1.82) is 0 Å². The molecule has 1 aliphatic carbocycles. The largest absolute Gasteiger partial charge is 0.463 e. The summed E-state index contributed by atoms with van der Waals surface area (Å²) < 4.78 is 18.5. The summed E-state index contributed by atoms with van der Waals surface area (Å²) >= 11 is 0. The van der Waals surface area contributed by atoms with Gasteiger partial charge in [-0.3, -0.25) is 0 Å². The lowest BCUT2D eigenvalue weighted by Gasteiger charge is -2.19. The second-order valence-corrected chi connectivity index (χ2v) is 4.04. The molecule has 2 rings (SSSR count). The first-order valence-electron chi connectivity index (χ1n) is 5.87. The van der Waals surface area contributed by atoms with Crippen molar-refractivity contribution in [3.8, 4) is 0 Å². The van der Waals surface area contributed by atoms with Gasteiger partial charge in [0.1, 0.15) is 5.82 Å². The summed E-state index contributed by atoms with van der Waals surface area (Å²) in [7, 11) is 0. The van der Waals surface area contributed by atoms with Crippen molar-refractivity contribution in [3.05, 3.63) is 41.2 Å². The Balaban J connectivity index is 2.35. The number of hydrogen-bond donors (Lipinski definition) is 0. The molecular weight excluding hydrogens is 219 g/mol. The highest BCUT2D eigenvalue weighted by atomic mass is 19.1. The van der Waals surface area contributed by atoms with Crippen LogP contribution in [-0.4, -0.2) is 12.6 Å². The van der Waals surface area contributed by atoms with E-state index in [1.165, 1.54) is 12.1 Å². The van der Waals surface area contributed by atoms with Gasteiger partial charge in [0.05, 0.1) is 6.61 Å². The summed E-state index contributed by atoms with van der Waals surface area (Å²) in [6.45, 7) is 2.13. The summed E-state index contributed by atoms with van der Waals surface area (Å²) in [5.41, 5.74) is 2.45. The zero-order valence-electron chi connectivity index (χ0n) is 9.83. The Kier molecular flexibility index (Phi) is 3.57. The first kappa shape index (κ1) is 11.8. The Morgan fingerprint density at radius 2 is 2.29 bits per heavy atom. The molecule has 0 amide bonds. The van der Waals surface area contributed by atoms with Crippen molar-refractivity contribution >= 4 is 11.5 Å². The van der Waals surface area contributed by atoms with Crippen molar-refractivity contribution in [2.75, 3.05) is 6.61 Å². The minimum absolute atomic E-state index is 0.183. The highest BCUT2D eigenvalue weighted by Gasteiger charge is 2.18. The number of rotatable bonds is 2. The van der Waals surface area contributed by atoms with E-state index in [1.54, 1.807) is 13.0 Å². The van der Waals surface area contributed by atoms with E-state index in [1.807, 2.05) is 6.07 Å². The maximum atomic E-state index is 13.6. The maximum absolute atomic E-state index is 13.6. The molecule has 0 N–H and O–H groups in total. The third kappa shape index (κ3) is 2.54. The van der Waals surface area contributed by atoms with E-state index in [0.29, 0.717) is 12.2 Å². The Morgan fingerprint density at radius 3 is 3.06 bits per heavy atom. The highest BCUT2D eigenvalue weighted by molar-refractivity contribution is 5.92. The van der Waals surface area contributed by atoms with Gasteiger partial charge in [-0.1, -0.05) is 12.1 Å². The first-order chi connectivity index (χ1) is 8.22. The zero-order valence-corrected chi connectivity index (χ0v) is 9.83. The molecule has 0 fully saturated rings. The Hall–Kier alpha value is -1.64. The zero-order chi connectivity index (χ0) is 12.3. The van der Waals surface area contributed by atoms with Crippen molar-refractivity contribution in [1.82, 2.24) is 0 Å². The van der Waals surface area contributed by atoms with E-state index in [9.17, 15) is 9.18 Å². The number of hydrogen-bond acceptors (Lipinski definition) is 2. The van der Waals surface area contributed by atoms with E-state index in [2.05, 4.69) is 0 Å². The van der Waals surface area contributed by atoms with Crippen LogP contribution in [0.3, 0.4) is 0 Å². The maximum Gasteiger partial charge on any atom is 0.331 e. The van der Waals surface area contributed by atoms with E-state index >= 15 is 0 Å². The topological polar surface area (TPSA) is 26.3 Å². The molecule has 0 saturated heterocycles. The highest BCUT2D eigenvalue weighted by Crippen LogP contribution is 2.32. The molecule has 17 heavy (non-hydrogen) atoms. The smallest absolute Gasteiger partial charge is 0.331 e. The first-order valence-corrected chi connectivity index (χ1v) is 5.87. The number of fused-ring (bicyclic) bond motifs is 1. The van der Waals surface area contributed by atoms with Gasteiger partial charge in [-0.25, -0.2) is 9.18 Å². The van der Waals surface area contributed by atoms with Crippen LogP contribution in [0.15, 0.2) is 24.3 Å². The lowest BCUT2D eigenvalue weighted by Crippen LogP contribution is -2.07. The van der Waals surface area contributed by atoms with Crippen molar-refractivity contribution in [2.45, 2.75) is 26.2 Å². The average molecular weight is 234 g/mol. The van der Waals surface area contributed by atoms with Crippen LogP contribution in [0.2, 0.25) is 0 Å². The molecule has 0 spiro atoms. The third-order valence-corrected chi connectivity index (χ3v) is 2.92. The van der Waals surface area contributed by atoms with Gasteiger partial charge in [0.2, 0.25) is 0 Å². The van der Waals surface area contributed by atoms with Gasteiger partial charge < -0.3 is 4.74 Å². The van der Waals surface area contributed by atoms with Gasteiger partial charge in [0.25, 0.3) is 0 Å². The van der Waals surface area contributed by atoms with Crippen LogP contribution in [0, 0.1) is 5.82 Å². The molecule has 2 nitrogen and oxygen atoms in total. The fourth-order valence-electron chi connectivity index (χ4n) is 2.18. The van der Waals surface area contributed by atoms with Crippen LogP contribution < -0.4 is 0 Å². The normalized spacial score (nSPS) is 16.7. The van der Waals surface area contributed by atoms with E-state index in [4.69, 9.17) is 4.74 Å². The molecular formula is C14H15FO2. The molecule has 0 aliphatic heterocycles. The van der Waals surface area contributed by atoms with Crippen molar-refractivity contribution < 1.29 is 13.9 Å². The van der Waals surface area contributed by atoms with Crippen LogP contribution in [0.1, 0.15) is 30.9 Å².